The summed E-state index contributed by atoms with van der Waals surface area (Å²) in [6.07, 6.45) is 0. The van der Waals surface area contributed by atoms with E-state index in [1.165, 1.54) is 4.68 Å². The molecule has 2 heterocycles. The first-order valence-electron chi connectivity index (χ1n) is 4.35. The molecule has 0 saturated heterocycles. The Kier molecular flexibility index (Phi) is 2.27. The first-order valence-corrected chi connectivity index (χ1v) is 4.35. The van der Waals surface area contributed by atoms with Crippen molar-refractivity contribution >= 4 is 11.5 Å². The number of anilines is 1. The Hall–Kier alpha value is -2.45. The molecule has 0 saturated carbocycles. The van der Waals surface area contributed by atoms with Crippen molar-refractivity contribution in [3.63, 3.8) is 0 Å². The molecule has 3 N–H and O–H groups in total. The largest absolute Gasteiger partial charge is 0.411 e. The summed E-state index contributed by atoms with van der Waals surface area (Å²) < 4.78 is 5.81. The first kappa shape index (κ1) is 10.1. The normalized spacial score (nSPS) is 12.0. The van der Waals surface area contributed by atoms with Gasteiger partial charge in [-0.2, -0.15) is 4.68 Å². The maximum Gasteiger partial charge on any atom is 0.243 e. The van der Waals surface area contributed by atoms with Crippen molar-refractivity contribution in [3.8, 4) is 5.82 Å². The fraction of sp³-hybridized carbons (Fsp3) is 0.286. The summed E-state index contributed by atoms with van der Waals surface area (Å²) in [5.41, 5.74) is 6.94. The molecule has 0 bridgehead atoms. The minimum Gasteiger partial charge on any atom is -0.411 e. The lowest BCUT2D eigenvalue weighted by atomic mass is 10.2. The van der Waals surface area contributed by atoms with E-state index in [2.05, 4.69) is 30.4 Å². The van der Waals surface area contributed by atoms with E-state index >= 15 is 0 Å². The van der Waals surface area contributed by atoms with Crippen LogP contribution in [0, 0.1) is 6.92 Å². The van der Waals surface area contributed by atoms with Crippen LogP contribution in [0.4, 0.5) is 5.82 Å². The zero-order valence-corrected chi connectivity index (χ0v) is 8.62. The predicted molar refractivity (Wildman–Crippen MR) is 52.4 cm³/mol. The van der Waals surface area contributed by atoms with E-state index in [9.17, 15) is 0 Å². The van der Waals surface area contributed by atoms with Gasteiger partial charge in [-0.05, 0) is 24.2 Å². The van der Waals surface area contributed by atoms with Crippen molar-refractivity contribution in [2.75, 3.05) is 5.73 Å². The Morgan fingerprint density at radius 3 is 2.81 bits per heavy atom. The van der Waals surface area contributed by atoms with Crippen LogP contribution in [0.5, 0.6) is 0 Å². The Bertz CT molecular complexity index is 541. The number of aromatic nitrogens is 5. The van der Waals surface area contributed by atoms with E-state index in [1.807, 2.05) is 0 Å². The van der Waals surface area contributed by atoms with Gasteiger partial charge in [0.1, 0.15) is 11.4 Å². The molecule has 0 fully saturated rings. The lowest BCUT2D eigenvalue weighted by molar-refractivity contribution is 0.306. The molecule has 9 nitrogen and oxygen atoms in total. The molecule has 0 aliphatic heterocycles. The number of nitrogens with zero attached hydrogens (tertiary/aromatic N) is 6. The zero-order valence-electron chi connectivity index (χ0n) is 8.62. The second-order valence-corrected chi connectivity index (χ2v) is 3.09. The van der Waals surface area contributed by atoms with Crippen LogP contribution in [0.1, 0.15) is 18.3 Å². The molecule has 2 aromatic heterocycles. The second kappa shape index (κ2) is 3.61. The molecular weight excluding hydrogens is 214 g/mol. The molecule has 0 aliphatic rings. The van der Waals surface area contributed by atoms with Gasteiger partial charge in [0.15, 0.2) is 0 Å². The standard InChI is InChI=1S/C7H9N7O2/c1-3(10-15)5-4(2)14(13-9-5)7-6(8)11-16-12-7/h15H,1-2H3,(H2,8,11)/b10-3-. The smallest absolute Gasteiger partial charge is 0.243 e. The summed E-state index contributed by atoms with van der Waals surface area (Å²) in [7, 11) is 0. The van der Waals surface area contributed by atoms with Gasteiger partial charge in [-0.25, -0.2) is 4.63 Å². The van der Waals surface area contributed by atoms with Gasteiger partial charge in [-0.1, -0.05) is 10.4 Å². The topological polar surface area (TPSA) is 128 Å². The number of hydrogen-bond donors (Lipinski definition) is 2. The quantitative estimate of drug-likeness (QED) is 0.407. The molecule has 0 amide bonds. The first-order chi connectivity index (χ1) is 7.65. The van der Waals surface area contributed by atoms with Crippen LogP contribution in [-0.2, 0) is 0 Å². The van der Waals surface area contributed by atoms with Gasteiger partial charge < -0.3 is 10.9 Å². The minimum absolute atomic E-state index is 0.109. The molecule has 9 heteroatoms. The van der Waals surface area contributed by atoms with E-state index < -0.39 is 0 Å². The lowest BCUT2D eigenvalue weighted by Crippen LogP contribution is -2.04. The van der Waals surface area contributed by atoms with Crippen LogP contribution in [0.25, 0.3) is 5.82 Å². The molecule has 0 atom stereocenters. The Morgan fingerprint density at radius 2 is 2.25 bits per heavy atom. The van der Waals surface area contributed by atoms with Gasteiger partial charge in [0.2, 0.25) is 11.6 Å². The molecule has 84 valence electrons. The van der Waals surface area contributed by atoms with Crippen molar-refractivity contribution < 1.29 is 9.84 Å². The summed E-state index contributed by atoms with van der Waals surface area (Å²) in [6, 6.07) is 0. The predicted octanol–water partition coefficient (Wildman–Crippen LogP) is -0.261. The lowest BCUT2D eigenvalue weighted by Gasteiger charge is -1.97. The van der Waals surface area contributed by atoms with Crippen LogP contribution in [-0.4, -0.2) is 36.2 Å². The second-order valence-electron chi connectivity index (χ2n) is 3.09. The molecule has 0 radical (unpaired) electrons. The van der Waals surface area contributed by atoms with Crippen molar-refractivity contribution in [1.82, 2.24) is 25.3 Å². The average Bonchev–Trinajstić information content (AvgIpc) is 2.84. The zero-order chi connectivity index (χ0) is 11.7. The highest BCUT2D eigenvalue weighted by Gasteiger charge is 2.17. The Labute approximate surface area is 89.5 Å². The van der Waals surface area contributed by atoms with Gasteiger partial charge in [0.25, 0.3) is 0 Å². The van der Waals surface area contributed by atoms with E-state index in [0.717, 1.165) is 0 Å². The molecular formula is C7H9N7O2. The molecule has 2 rings (SSSR count). The van der Waals surface area contributed by atoms with Gasteiger partial charge in [0.05, 0.1) is 5.69 Å². The highest BCUT2D eigenvalue weighted by molar-refractivity contribution is 5.97. The van der Waals surface area contributed by atoms with Gasteiger partial charge in [0, 0.05) is 0 Å². The highest BCUT2D eigenvalue weighted by atomic mass is 16.6. The maximum atomic E-state index is 8.65. The summed E-state index contributed by atoms with van der Waals surface area (Å²) in [5, 5.41) is 26.4. The summed E-state index contributed by atoms with van der Waals surface area (Å²) >= 11 is 0. The maximum absolute atomic E-state index is 8.65. The van der Waals surface area contributed by atoms with E-state index in [-0.39, 0.29) is 11.6 Å². The fourth-order valence-corrected chi connectivity index (χ4v) is 1.25. The van der Waals surface area contributed by atoms with E-state index in [1.54, 1.807) is 13.8 Å². The van der Waals surface area contributed by atoms with E-state index in [0.29, 0.717) is 17.1 Å². The van der Waals surface area contributed by atoms with Crippen molar-refractivity contribution in [1.29, 1.82) is 0 Å². The highest BCUT2D eigenvalue weighted by Crippen LogP contribution is 2.14. The van der Waals surface area contributed by atoms with Crippen LogP contribution in [0.2, 0.25) is 0 Å². The van der Waals surface area contributed by atoms with E-state index in [4.69, 9.17) is 10.9 Å². The van der Waals surface area contributed by atoms with Crippen LogP contribution < -0.4 is 5.73 Å². The summed E-state index contributed by atoms with van der Waals surface area (Å²) in [4.78, 5) is 0. The molecule has 0 unspecified atom stereocenters. The molecule has 0 aromatic carbocycles. The Balaban J connectivity index is 2.54. The summed E-state index contributed by atoms with van der Waals surface area (Å²) in [5.74, 6) is 0.361. The SMILES string of the molecule is C/C(=N/O)c1nnn(-c2nonc2N)c1C. The third kappa shape index (κ3) is 1.38. The van der Waals surface area contributed by atoms with Crippen molar-refractivity contribution in [3.05, 3.63) is 11.4 Å². The molecule has 2 aromatic rings. The molecule has 0 spiro atoms. The number of nitrogens with two attached hydrogens (primary N) is 1. The number of oxime groups is 1. The summed E-state index contributed by atoms with van der Waals surface area (Å²) in [6.45, 7) is 3.34. The van der Waals surface area contributed by atoms with Crippen LogP contribution in [0.3, 0.4) is 0 Å². The minimum atomic E-state index is 0.109. The average molecular weight is 223 g/mol. The van der Waals surface area contributed by atoms with Gasteiger partial charge in [-0.15, -0.1) is 5.10 Å². The number of rotatable bonds is 2. The van der Waals surface area contributed by atoms with Gasteiger partial charge >= 0.3 is 0 Å². The Morgan fingerprint density at radius 1 is 1.50 bits per heavy atom. The van der Waals surface area contributed by atoms with Gasteiger partial charge in [-0.3, -0.25) is 0 Å². The third-order valence-electron chi connectivity index (χ3n) is 2.08. The molecule has 16 heavy (non-hydrogen) atoms. The fourth-order valence-electron chi connectivity index (χ4n) is 1.25. The number of hydrogen-bond acceptors (Lipinski definition) is 8. The monoisotopic (exact) mass is 223 g/mol. The van der Waals surface area contributed by atoms with Crippen LogP contribution in [0.15, 0.2) is 9.78 Å². The molecule has 0 aliphatic carbocycles. The van der Waals surface area contributed by atoms with Crippen molar-refractivity contribution in [2.45, 2.75) is 13.8 Å². The van der Waals surface area contributed by atoms with Crippen molar-refractivity contribution in [2.24, 2.45) is 5.16 Å². The number of nitrogen functional groups attached to an aromatic ring is 1. The van der Waals surface area contributed by atoms with Crippen LogP contribution >= 0.6 is 0 Å². The third-order valence-corrected chi connectivity index (χ3v) is 2.08.